The Morgan fingerprint density at radius 1 is 1.32 bits per heavy atom. The van der Waals surface area contributed by atoms with E-state index in [4.69, 9.17) is 4.52 Å². The van der Waals surface area contributed by atoms with Gasteiger partial charge in [-0.25, -0.2) is 4.68 Å². The van der Waals surface area contributed by atoms with E-state index in [1.807, 2.05) is 13.8 Å². The van der Waals surface area contributed by atoms with Crippen LogP contribution < -0.4 is 10.9 Å². The Hall–Kier alpha value is -2.44. The first-order chi connectivity index (χ1) is 12.0. The summed E-state index contributed by atoms with van der Waals surface area (Å²) < 4.78 is 6.55. The quantitative estimate of drug-likeness (QED) is 0.857. The lowest BCUT2D eigenvalue weighted by atomic mass is 9.97. The molecule has 0 radical (unpaired) electrons. The van der Waals surface area contributed by atoms with Gasteiger partial charge in [0.15, 0.2) is 0 Å². The molecule has 0 fully saturated rings. The van der Waals surface area contributed by atoms with Crippen LogP contribution in [0, 0.1) is 13.8 Å². The molecule has 0 aliphatic heterocycles. The second-order valence-corrected chi connectivity index (χ2v) is 6.54. The topological polar surface area (TPSA) is 90.0 Å². The highest BCUT2D eigenvalue weighted by atomic mass is 16.5. The monoisotopic (exact) mass is 344 g/mol. The molecule has 3 rings (SSSR count). The molecule has 1 amide bonds. The first-order valence-electron chi connectivity index (χ1n) is 8.83. The Labute approximate surface area is 146 Å². The second kappa shape index (κ2) is 7.63. The van der Waals surface area contributed by atoms with Crippen LogP contribution in [0.2, 0.25) is 0 Å². The summed E-state index contributed by atoms with van der Waals surface area (Å²) in [5.41, 5.74) is 3.83. The Kier molecular flexibility index (Phi) is 5.31. The van der Waals surface area contributed by atoms with E-state index in [1.165, 1.54) is 4.68 Å². The highest BCUT2D eigenvalue weighted by Gasteiger charge is 2.14. The van der Waals surface area contributed by atoms with Crippen LogP contribution >= 0.6 is 0 Å². The van der Waals surface area contributed by atoms with E-state index in [2.05, 4.69) is 15.6 Å². The van der Waals surface area contributed by atoms with Gasteiger partial charge >= 0.3 is 0 Å². The number of carbonyl (C=O) groups is 1. The number of hydrogen-bond acceptors (Lipinski definition) is 5. The van der Waals surface area contributed by atoms with Crippen LogP contribution in [0.1, 0.15) is 47.5 Å². The van der Waals surface area contributed by atoms with Crippen molar-refractivity contribution < 1.29 is 9.32 Å². The molecule has 0 aromatic carbocycles. The van der Waals surface area contributed by atoms with Gasteiger partial charge in [0, 0.05) is 24.6 Å². The first-order valence-corrected chi connectivity index (χ1v) is 8.83. The number of aromatic nitrogens is 3. The molecule has 2 heterocycles. The summed E-state index contributed by atoms with van der Waals surface area (Å²) in [6, 6.07) is 1.70. The predicted molar refractivity (Wildman–Crippen MR) is 92.4 cm³/mol. The molecular weight excluding hydrogens is 320 g/mol. The van der Waals surface area contributed by atoms with Gasteiger partial charge in [0.2, 0.25) is 5.91 Å². The third-order valence-corrected chi connectivity index (χ3v) is 4.70. The normalized spacial score (nSPS) is 13.5. The average molecular weight is 344 g/mol. The van der Waals surface area contributed by atoms with Gasteiger partial charge in [0.1, 0.15) is 5.76 Å². The Morgan fingerprint density at radius 3 is 2.88 bits per heavy atom. The molecule has 1 aliphatic carbocycles. The lowest BCUT2D eigenvalue weighted by Crippen LogP contribution is -2.33. The van der Waals surface area contributed by atoms with Gasteiger partial charge in [-0.2, -0.15) is 5.10 Å². The molecule has 1 aliphatic rings. The summed E-state index contributed by atoms with van der Waals surface area (Å²) in [5, 5.41) is 11.2. The average Bonchev–Trinajstić information content (AvgIpc) is 2.91. The Bertz CT molecular complexity index is 803. The van der Waals surface area contributed by atoms with Gasteiger partial charge in [0.05, 0.1) is 17.9 Å². The molecule has 0 atom stereocenters. The fourth-order valence-electron chi connectivity index (χ4n) is 3.25. The van der Waals surface area contributed by atoms with E-state index >= 15 is 0 Å². The molecule has 1 N–H and O–H groups in total. The first kappa shape index (κ1) is 17.4. The molecule has 2 aromatic heterocycles. The van der Waals surface area contributed by atoms with Crippen LogP contribution in [0.15, 0.2) is 15.4 Å². The molecule has 0 saturated carbocycles. The molecule has 0 saturated heterocycles. The summed E-state index contributed by atoms with van der Waals surface area (Å²) >= 11 is 0. The maximum Gasteiger partial charge on any atom is 0.267 e. The fraction of sp³-hybridized carbons (Fsp3) is 0.556. The van der Waals surface area contributed by atoms with Crippen LogP contribution in [-0.4, -0.2) is 27.4 Å². The van der Waals surface area contributed by atoms with E-state index in [1.54, 1.807) is 6.07 Å². The minimum absolute atomic E-state index is 0.0500. The van der Waals surface area contributed by atoms with Crippen molar-refractivity contribution in [1.29, 1.82) is 0 Å². The van der Waals surface area contributed by atoms with Crippen molar-refractivity contribution in [2.75, 3.05) is 6.54 Å². The lowest BCUT2D eigenvalue weighted by Gasteiger charge is -2.16. The van der Waals surface area contributed by atoms with Crippen molar-refractivity contribution >= 4 is 5.91 Å². The van der Waals surface area contributed by atoms with E-state index in [0.717, 1.165) is 54.0 Å². The number of hydrogen-bond donors (Lipinski definition) is 1. The van der Waals surface area contributed by atoms with Crippen molar-refractivity contribution in [2.24, 2.45) is 0 Å². The minimum Gasteiger partial charge on any atom is -0.361 e. The van der Waals surface area contributed by atoms with E-state index < -0.39 is 0 Å². The van der Waals surface area contributed by atoms with Crippen molar-refractivity contribution in [1.82, 2.24) is 20.3 Å². The summed E-state index contributed by atoms with van der Waals surface area (Å²) in [5.74, 6) is 0.709. The number of aryl methyl sites for hydroxylation is 4. The highest BCUT2D eigenvalue weighted by molar-refractivity contribution is 5.76. The van der Waals surface area contributed by atoms with E-state index in [9.17, 15) is 9.59 Å². The molecule has 0 bridgehead atoms. The van der Waals surface area contributed by atoms with Crippen molar-refractivity contribution in [2.45, 2.75) is 58.9 Å². The molecule has 0 spiro atoms. The predicted octanol–water partition coefficient (Wildman–Crippen LogP) is 1.48. The SMILES string of the molecule is Cc1noc(C)c1CCC(=O)NCCn1nc2c(cc1=O)CCCC2. The third-order valence-electron chi connectivity index (χ3n) is 4.70. The fourth-order valence-corrected chi connectivity index (χ4v) is 3.25. The highest BCUT2D eigenvalue weighted by Crippen LogP contribution is 2.17. The van der Waals surface area contributed by atoms with E-state index in [0.29, 0.717) is 25.9 Å². The smallest absolute Gasteiger partial charge is 0.267 e. The minimum atomic E-state index is -0.0920. The van der Waals surface area contributed by atoms with Gasteiger partial charge in [-0.1, -0.05) is 5.16 Å². The maximum absolute atomic E-state index is 12.1. The van der Waals surface area contributed by atoms with Crippen molar-refractivity contribution in [3.63, 3.8) is 0 Å². The van der Waals surface area contributed by atoms with Gasteiger partial charge in [0.25, 0.3) is 5.56 Å². The molecular formula is C18H24N4O3. The van der Waals surface area contributed by atoms with Crippen molar-refractivity contribution in [3.05, 3.63) is 44.7 Å². The molecule has 2 aromatic rings. The number of nitrogens with zero attached hydrogens (tertiary/aromatic N) is 3. The van der Waals surface area contributed by atoms with Crippen LogP contribution in [0.25, 0.3) is 0 Å². The standard InChI is InChI=1S/C18H24N4O3/c1-12-15(13(2)25-21-12)7-8-17(23)19-9-10-22-18(24)11-14-5-3-4-6-16(14)20-22/h11H,3-10H2,1-2H3,(H,19,23). The summed E-state index contributed by atoms with van der Waals surface area (Å²) in [7, 11) is 0. The summed E-state index contributed by atoms with van der Waals surface area (Å²) in [4.78, 5) is 24.1. The van der Waals surface area contributed by atoms with Crippen LogP contribution in [0.4, 0.5) is 0 Å². The van der Waals surface area contributed by atoms with Crippen LogP contribution in [-0.2, 0) is 30.6 Å². The van der Waals surface area contributed by atoms with Gasteiger partial charge < -0.3 is 9.84 Å². The zero-order valence-corrected chi connectivity index (χ0v) is 14.8. The molecule has 25 heavy (non-hydrogen) atoms. The third kappa shape index (κ3) is 4.15. The van der Waals surface area contributed by atoms with Gasteiger partial charge in [-0.3, -0.25) is 9.59 Å². The number of amides is 1. The molecule has 7 heteroatoms. The van der Waals surface area contributed by atoms with Crippen LogP contribution in [0.3, 0.4) is 0 Å². The zero-order chi connectivity index (χ0) is 17.8. The van der Waals surface area contributed by atoms with Gasteiger partial charge in [-0.15, -0.1) is 0 Å². The molecule has 7 nitrogen and oxygen atoms in total. The maximum atomic E-state index is 12.1. The largest absolute Gasteiger partial charge is 0.361 e. The number of rotatable bonds is 6. The zero-order valence-electron chi connectivity index (χ0n) is 14.8. The van der Waals surface area contributed by atoms with Crippen LogP contribution in [0.5, 0.6) is 0 Å². The molecule has 134 valence electrons. The van der Waals surface area contributed by atoms with Gasteiger partial charge in [-0.05, 0) is 51.5 Å². The Morgan fingerprint density at radius 2 is 2.12 bits per heavy atom. The van der Waals surface area contributed by atoms with E-state index in [-0.39, 0.29) is 11.5 Å². The molecule has 0 unspecified atom stereocenters. The lowest BCUT2D eigenvalue weighted by molar-refractivity contribution is -0.121. The number of fused-ring (bicyclic) bond motifs is 1. The summed E-state index contributed by atoms with van der Waals surface area (Å²) in [6.45, 7) is 4.51. The second-order valence-electron chi connectivity index (χ2n) is 6.54. The summed E-state index contributed by atoms with van der Waals surface area (Å²) in [6.07, 6.45) is 5.09. The Balaban J connectivity index is 1.49. The van der Waals surface area contributed by atoms with Crippen molar-refractivity contribution in [3.8, 4) is 0 Å². The number of nitrogens with one attached hydrogen (secondary N) is 1. The number of carbonyl (C=O) groups excluding carboxylic acids is 1.